The third-order valence-electron chi connectivity index (χ3n) is 6.95. The molecule has 212 valence electrons. The highest BCUT2D eigenvalue weighted by Gasteiger charge is 2.14. The lowest BCUT2D eigenvalue weighted by atomic mass is 10.1. The second-order valence-corrected chi connectivity index (χ2v) is 11.7. The zero-order valence-electron chi connectivity index (χ0n) is 23.6. The number of rotatable bonds is 18. The maximum absolute atomic E-state index is 12.7. The van der Waals surface area contributed by atoms with Gasteiger partial charge in [-0.1, -0.05) is 119 Å². The second-order valence-electron chi connectivity index (χ2n) is 10.2. The molecule has 2 amide bonds. The summed E-state index contributed by atoms with van der Waals surface area (Å²) in [7, 11) is 0. The molecule has 3 rings (SSSR count). The number of nitrogens with one attached hydrogen (secondary N) is 2. The van der Waals surface area contributed by atoms with Gasteiger partial charge >= 0.3 is 6.03 Å². The van der Waals surface area contributed by atoms with Crippen molar-refractivity contribution in [2.24, 2.45) is 0 Å². The van der Waals surface area contributed by atoms with E-state index in [0.717, 1.165) is 23.4 Å². The fraction of sp³-hybridized carbons (Fsp3) is 0.500. The molecular weight excluding hydrogens is 526 g/mol. The summed E-state index contributed by atoms with van der Waals surface area (Å²) >= 11 is 8.15. The Morgan fingerprint density at radius 2 is 1.51 bits per heavy atom. The first-order chi connectivity index (χ1) is 19.1. The minimum atomic E-state index is -0.332. The third kappa shape index (κ3) is 11.6. The van der Waals surface area contributed by atoms with Crippen molar-refractivity contribution in [3.8, 4) is 5.75 Å². The second kappa shape index (κ2) is 17.9. The van der Waals surface area contributed by atoms with E-state index in [9.17, 15) is 4.79 Å². The molecule has 5 nitrogen and oxygen atoms in total. The van der Waals surface area contributed by atoms with Gasteiger partial charge < -0.3 is 15.4 Å². The summed E-state index contributed by atoms with van der Waals surface area (Å²) in [6, 6.07) is 12.9. The number of unbranched alkanes of at least 4 members (excludes halogenated alkanes) is 11. The molecule has 2 aromatic carbocycles. The molecule has 0 bridgehead atoms. The topological polar surface area (TPSA) is 54.2 Å². The van der Waals surface area contributed by atoms with Crippen molar-refractivity contribution in [1.82, 2.24) is 0 Å². The summed E-state index contributed by atoms with van der Waals surface area (Å²) < 4.78 is 8.06. The molecular formula is C32H45ClN3O2S+. The number of amides is 2. The maximum Gasteiger partial charge on any atom is 0.323 e. The number of hydrogen-bond donors (Lipinski definition) is 2. The first-order valence-corrected chi connectivity index (χ1v) is 15.8. The van der Waals surface area contributed by atoms with E-state index in [4.69, 9.17) is 16.3 Å². The SMILES string of the molecule is CCCCCCCCCCCCCCOc1ccc(NC(=O)Nc2ccccc2C[n+]2ccsc2C)c(Cl)c1. The summed E-state index contributed by atoms with van der Waals surface area (Å²) in [6.07, 6.45) is 17.9. The van der Waals surface area contributed by atoms with Gasteiger partial charge in [-0.3, -0.25) is 0 Å². The highest BCUT2D eigenvalue weighted by molar-refractivity contribution is 7.09. The van der Waals surface area contributed by atoms with E-state index < -0.39 is 0 Å². The molecule has 0 unspecified atom stereocenters. The van der Waals surface area contributed by atoms with Crippen LogP contribution in [-0.2, 0) is 6.54 Å². The van der Waals surface area contributed by atoms with Crippen LogP contribution in [0.1, 0.15) is 94.5 Å². The predicted octanol–water partition coefficient (Wildman–Crippen LogP) is 9.77. The summed E-state index contributed by atoms with van der Waals surface area (Å²) in [5, 5.41) is 9.55. The van der Waals surface area contributed by atoms with Crippen LogP contribution in [0.3, 0.4) is 0 Å². The van der Waals surface area contributed by atoms with Gasteiger partial charge in [0, 0.05) is 18.6 Å². The minimum Gasteiger partial charge on any atom is -0.494 e. The fourth-order valence-electron chi connectivity index (χ4n) is 4.60. The van der Waals surface area contributed by atoms with Crippen molar-refractivity contribution in [3.05, 3.63) is 69.6 Å². The van der Waals surface area contributed by atoms with Crippen LogP contribution < -0.4 is 19.9 Å². The Bertz CT molecular complexity index is 1130. The number of carbonyl (C=O) groups excluding carboxylic acids is 1. The average Bonchev–Trinajstić information content (AvgIpc) is 3.33. The van der Waals surface area contributed by atoms with Crippen molar-refractivity contribution in [2.75, 3.05) is 17.2 Å². The van der Waals surface area contributed by atoms with E-state index in [1.165, 1.54) is 75.6 Å². The zero-order chi connectivity index (χ0) is 27.7. The molecule has 7 heteroatoms. The smallest absolute Gasteiger partial charge is 0.323 e. The van der Waals surface area contributed by atoms with Gasteiger partial charge in [-0.15, -0.1) is 0 Å². The predicted molar refractivity (Wildman–Crippen MR) is 165 cm³/mol. The molecule has 0 atom stereocenters. The van der Waals surface area contributed by atoms with Crippen LogP contribution in [0.5, 0.6) is 5.75 Å². The molecule has 0 spiro atoms. The zero-order valence-corrected chi connectivity index (χ0v) is 25.2. The summed E-state index contributed by atoms with van der Waals surface area (Å²) in [6.45, 7) is 5.73. The number of halogens is 1. The number of urea groups is 1. The summed E-state index contributed by atoms with van der Waals surface area (Å²) in [5.41, 5.74) is 2.35. The molecule has 0 radical (unpaired) electrons. The van der Waals surface area contributed by atoms with Crippen LogP contribution in [0.4, 0.5) is 16.2 Å². The van der Waals surface area contributed by atoms with Crippen molar-refractivity contribution in [2.45, 2.75) is 97.4 Å². The monoisotopic (exact) mass is 570 g/mol. The standard InChI is InChI=1S/C32H44ClN3O2S/c1-3-4-5-6-7-8-9-10-11-12-13-16-22-38-28-19-20-31(29(33)24-28)35-32(37)34-30-18-15-14-17-27(30)25-36-21-23-39-26(36)2/h14-15,17-21,23-24H,3-13,16,22,25H2,1-2H3,(H-,34,35,37)/p+1. The number of aryl methyl sites for hydroxylation is 1. The number of ether oxygens (including phenoxy) is 1. The van der Waals surface area contributed by atoms with Crippen molar-refractivity contribution in [3.63, 3.8) is 0 Å². The van der Waals surface area contributed by atoms with Crippen LogP contribution in [0.25, 0.3) is 0 Å². The molecule has 0 fully saturated rings. The molecule has 1 heterocycles. The van der Waals surface area contributed by atoms with Crippen LogP contribution >= 0.6 is 22.9 Å². The van der Waals surface area contributed by atoms with E-state index in [1.807, 2.05) is 30.3 Å². The van der Waals surface area contributed by atoms with E-state index in [-0.39, 0.29) is 6.03 Å². The number of anilines is 2. The Hall–Kier alpha value is -2.57. The number of carbonyl (C=O) groups is 1. The Morgan fingerprint density at radius 3 is 2.15 bits per heavy atom. The normalized spacial score (nSPS) is 10.9. The summed E-state index contributed by atoms with van der Waals surface area (Å²) in [4.78, 5) is 12.7. The van der Waals surface area contributed by atoms with E-state index in [1.54, 1.807) is 23.5 Å². The van der Waals surface area contributed by atoms with Gasteiger partial charge in [0.2, 0.25) is 5.01 Å². The molecule has 0 saturated heterocycles. The molecule has 1 aromatic heterocycles. The number of nitrogens with zero attached hydrogens (tertiary/aromatic N) is 1. The first-order valence-electron chi connectivity index (χ1n) is 14.6. The minimum absolute atomic E-state index is 0.332. The van der Waals surface area contributed by atoms with Crippen molar-refractivity contribution < 1.29 is 14.1 Å². The Balaban J connectivity index is 1.33. The Kier molecular flexibility index (Phi) is 14.2. The van der Waals surface area contributed by atoms with Crippen molar-refractivity contribution >= 4 is 40.3 Å². The average molecular weight is 571 g/mol. The van der Waals surface area contributed by atoms with E-state index in [2.05, 4.69) is 40.6 Å². The molecule has 3 aromatic rings. The Labute approximate surface area is 243 Å². The lowest BCUT2D eigenvalue weighted by Crippen LogP contribution is -2.34. The van der Waals surface area contributed by atoms with Gasteiger partial charge in [-0.05, 0) is 24.6 Å². The van der Waals surface area contributed by atoms with Gasteiger partial charge in [0.15, 0.2) is 12.7 Å². The first kappa shape index (κ1) is 31.0. The van der Waals surface area contributed by atoms with E-state index >= 15 is 0 Å². The Morgan fingerprint density at radius 1 is 0.872 bits per heavy atom. The largest absolute Gasteiger partial charge is 0.494 e. The van der Waals surface area contributed by atoms with Gasteiger partial charge in [0.1, 0.15) is 5.75 Å². The van der Waals surface area contributed by atoms with E-state index in [0.29, 0.717) is 23.9 Å². The quantitative estimate of drug-likeness (QED) is 0.118. The highest BCUT2D eigenvalue weighted by atomic mass is 35.5. The highest BCUT2D eigenvalue weighted by Crippen LogP contribution is 2.27. The maximum atomic E-state index is 12.7. The third-order valence-corrected chi connectivity index (χ3v) is 8.09. The van der Waals surface area contributed by atoms with Crippen LogP contribution in [0, 0.1) is 6.92 Å². The number of hydrogen-bond acceptors (Lipinski definition) is 3. The van der Waals surface area contributed by atoms with Crippen LogP contribution in [-0.4, -0.2) is 12.6 Å². The van der Waals surface area contributed by atoms with Gasteiger partial charge in [-0.25, -0.2) is 4.79 Å². The lowest BCUT2D eigenvalue weighted by molar-refractivity contribution is -0.689. The lowest BCUT2D eigenvalue weighted by Gasteiger charge is -2.13. The number of aromatic nitrogens is 1. The molecule has 0 saturated carbocycles. The van der Waals surface area contributed by atoms with Crippen LogP contribution in [0.2, 0.25) is 5.02 Å². The molecule has 0 aliphatic heterocycles. The molecule has 0 aliphatic rings. The number of benzene rings is 2. The van der Waals surface area contributed by atoms with Gasteiger partial charge in [-0.2, -0.15) is 4.57 Å². The van der Waals surface area contributed by atoms with Gasteiger partial charge in [0.25, 0.3) is 0 Å². The van der Waals surface area contributed by atoms with Crippen LogP contribution in [0.15, 0.2) is 54.0 Å². The van der Waals surface area contributed by atoms with Gasteiger partial charge in [0.05, 0.1) is 28.4 Å². The molecule has 2 N–H and O–H groups in total. The fourth-order valence-corrected chi connectivity index (χ4v) is 5.48. The number of thiazole rings is 1. The number of para-hydroxylation sites is 1. The molecule has 39 heavy (non-hydrogen) atoms. The van der Waals surface area contributed by atoms with Crippen molar-refractivity contribution in [1.29, 1.82) is 0 Å². The molecule has 0 aliphatic carbocycles. The summed E-state index contributed by atoms with van der Waals surface area (Å²) in [5.74, 6) is 0.725.